The van der Waals surface area contributed by atoms with Crippen molar-refractivity contribution in [1.29, 1.82) is 0 Å². The number of carbonyl (C=O) groups excluding carboxylic acids is 4. The van der Waals surface area contributed by atoms with Gasteiger partial charge in [-0.05, 0) is 47.9 Å². The Morgan fingerprint density at radius 2 is 0.952 bits per heavy atom. The monoisotopic (exact) mass is 562 g/mol. The first kappa shape index (κ1) is 27.8. The van der Waals surface area contributed by atoms with Gasteiger partial charge in [-0.25, -0.2) is 9.80 Å². The van der Waals surface area contributed by atoms with E-state index in [1.807, 2.05) is 24.3 Å². The van der Waals surface area contributed by atoms with Gasteiger partial charge < -0.3 is 11.5 Å². The van der Waals surface area contributed by atoms with Crippen molar-refractivity contribution in [3.63, 3.8) is 0 Å². The summed E-state index contributed by atoms with van der Waals surface area (Å²) in [6, 6.07) is 21.0. The number of unbranched alkanes of at least 4 members (excludes halogenated alkanes) is 3. The summed E-state index contributed by atoms with van der Waals surface area (Å²) < 4.78 is 0. The summed E-state index contributed by atoms with van der Waals surface area (Å²) in [4.78, 5) is 59.9. The lowest BCUT2D eigenvalue weighted by Gasteiger charge is -2.57. The van der Waals surface area contributed by atoms with Gasteiger partial charge in [0.25, 0.3) is 23.6 Å². The molecule has 6 rings (SSSR count). The fraction of sp³-hybridized carbons (Fsp3) is 0.294. The van der Waals surface area contributed by atoms with Crippen LogP contribution in [0.1, 0.15) is 93.8 Å². The van der Waals surface area contributed by atoms with Gasteiger partial charge >= 0.3 is 0 Å². The lowest BCUT2D eigenvalue weighted by molar-refractivity contribution is -0.0566. The number of hydrogen-bond acceptors (Lipinski definition) is 6. The summed E-state index contributed by atoms with van der Waals surface area (Å²) in [5, 5.41) is 2.55. The van der Waals surface area contributed by atoms with Crippen molar-refractivity contribution in [2.75, 3.05) is 0 Å². The molecule has 4 N–H and O–H groups in total. The molecule has 2 aliphatic rings. The maximum absolute atomic E-state index is 14.5. The van der Waals surface area contributed by atoms with Crippen LogP contribution in [0.5, 0.6) is 0 Å². The molecule has 8 nitrogen and oxygen atoms in total. The Morgan fingerprint density at radius 3 is 1.29 bits per heavy atom. The third-order valence-electron chi connectivity index (χ3n) is 8.97. The molecule has 4 amide bonds. The molecule has 4 aromatic carbocycles. The number of nitrogens with two attached hydrogens (primary N) is 2. The van der Waals surface area contributed by atoms with E-state index in [0.29, 0.717) is 39.4 Å². The van der Waals surface area contributed by atoms with E-state index in [1.54, 1.807) is 55.5 Å². The van der Waals surface area contributed by atoms with Gasteiger partial charge in [0.2, 0.25) is 0 Å². The summed E-state index contributed by atoms with van der Waals surface area (Å²) in [5.74, 6) is -2.56. The molecule has 0 aliphatic carbocycles. The average Bonchev–Trinajstić information content (AvgIpc) is 2.99. The van der Waals surface area contributed by atoms with Crippen molar-refractivity contribution in [2.45, 2.75) is 63.7 Å². The van der Waals surface area contributed by atoms with Crippen LogP contribution in [-0.4, -0.2) is 44.8 Å². The van der Waals surface area contributed by atoms with Crippen molar-refractivity contribution >= 4 is 45.2 Å². The van der Waals surface area contributed by atoms with Gasteiger partial charge in [0.1, 0.15) is 5.66 Å². The van der Waals surface area contributed by atoms with Gasteiger partial charge in [-0.3, -0.25) is 19.2 Å². The van der Waals surface area contributed by atoms with Crippen molar-refractivity contribution in [1.82, 2.24) is 9.80 Å². The highest BCUT2D eigenvalue weighted by Gasteiger charge is 2.63. The minimum absolute atomic E-state index is 0.0565. The zero-order valence-electron chi connectivity index (χ0n) is 23.9. The van der Waals surface area contributed by atoms with Crippen LogP contribution in [0.15, 0.2) is 72.8 Å². The number of imide groups is 2. The number of benzene rings is 4. The molecule has 8 heteroatoms. The first-order valence-corrected chi connectivity index (χ1v) is 14.6. The SMILES string of the molecule is CCCCCCC(N)(N)C(CC)(N1C(=O)c2cccc3cccc(c23)C1=O)N1C(=O)c2cccc3cccc(c23)C1=O. The molecule has 4 aromatic rings. The van der Waals surface area contributed by atoms with Gasteiger partial charge in [0.05, 0.1) is 0 Å². The predicted molar refractivity (Wildman–Crippen MR) is 162 cm³/mol. The molecule has 0 saturated carbocycles. The molecule has 2 aliphatic heterocycles. The molecule has 42 heavy (non-hydrogen) atoms. The largest absolute Gasteiger partial charge is 0.310 e. The van der Waals surface area contributed by atoms with Crippen LogP contribution in [0, 0.1) is 0 Å². The standard InChI is InChI=1S/C34H34N4O4/c1-3-5-6-7-20-33(35,36)34(4-2,37-29(39)23-16-8-12-21-13-9-17-24(27(21)23)30(37)40)38-31(41)25-18-10-14-22-15-11-19-26(28(22)25)32(38)42/h8-19H,3-7,20,35-36H2,1-2H3. The zero-order valence-corrected chi connectivity index (χ0v) is 23.9. The lowest BCUT2D eigenvalue weighted by atomic mass is 9.79. The molecule has 0 fully saturated rings. The van der Waals surface area contributed by atoms with E-state index in [2.05, 4.69) is 6.92 Å². The van der Waals surface area contributed by atoms with Gasteiger partial charge in [0.15, 0.2) is 5.66 Å². The van der Waals surface area contributed by atoms with Crippen LogP contribution in [0.3, 0.4) is 0 Å². The Morgan fingerprint density at radius 1 is 0.571 bits per heavy atom. The molecule has 0 aromatic heterocycles. The third-order valence-corrected chi connectivity index (χ3v) is 8.97. The smallest absolute Gasteiger partial charge is 0.263 e. The Labute approximate surface area is 244 Å². The van der Waals surface area contributed by atoms with E-state index in [0.717, 1.165) is 39.8 Å². The highest BCUT2D eigenvalue weighted by molar-refractivity contribution is 6.28. The van der Waals surface area contributed by atoms with E-state index < -0.39 is 35.0 Å². The Bertz CT molecular complexity index is 1580. The molecule has 0 bridgehead atoms. The van der Waals surface area contributed by atoms with E-state index >= 15 is 0 Å². The predicted octanol–water partition coefficient (Wildman–Crippen LogP) is 5.58. The summed E-state index contributed by atoms with van der Waals surface area (Å²) in [6.45, 7) is 3.80. The van der Waals surface area contributed by atoms with Gasteiger partial charge in [-0.2, -0.15) is 0 Å². The number of carbonyl (C=O) groups is 4. The summed E-state index contributed by atoms with van der Waals surface area (Å²) in [7, 11) is 0. The van der Waals surface area contributed by atoms with E-state index in [1.165, 1.54) is 0 Å². The number of hydrogen-bond donors (Lipinski definition) is 2. The maximum atomic E-state index is 14.5. The van der Waals surface area contributed by atoms with E-state index in [4.69, 9.17) is 11.5 Å². The van der Waals surface area contributed by atoms with Gasteiger partial charge in [-0.1, -0.05) is 88.1 Å². The van der Waals surface area contributed by atoms with Crippen molar-refractivity contribution in [2.24, 2.45) is 11.5 Å². The average molecular weight is 563 g/mol. The lowest BCUT2D eigenvalue weighted by Crippen LogP contribution is -2.83. The highest BCUT2D eigenvalue weighted by atomic mass is 16.2. The van der Waals surface area contributed by atoms with Gasteiger partial charge in [-0.15, -0.1) is 0 Å². The topological polar surface area (TPSA) is 127 Å². The highest BCUT2D eigenvalue weighted by Crippen LogP contribution is 2.44. The first-order valence-electron chi connectivity index (χ1n) is 14.6. The third kappa shape index (κ3) is 3.75. The van der Waals surface area contributed by atoms with Gasteiger partial charge in [0, 0.05) is 33.0 Å². The second-order valence-electron chi connectivity index (χ2n) is 11.3. The maximum Gasteiger partial charge on any atom is 0.263 e. The summed E-state index contributed by atoms with van der Waals surface area (Å²) in [6.07, 6.45) is 3.46. The van der Waals surface area contributed by atoms with Crippen molar-refractivity contribution in [3.05, 3.63) is 95.1 Å². The van der Waals surface area contributed by atoms with E-state index in [-0.39, 0.29) is 12.8 Å². The minimum atomic E-state index is -2.01. The first-order chi connectivity index (χ1) is 20.2. The molecular weight excluding hydrogens is 528 g/mol. The van der Waals surface area contributed by atoms with Crippen molar-refractivity contribution in [3.8, 4) is 0 Å². The number of rotatable bonds is 9. The van der Waals surface area contributed by atoms with Crippen LogP contribution in [0.2, 0.25) is 0 Å². The zero-order chi connectivity index (χ0) is 29.8. The Hall–Kier alpha value is -4.40. The fourth-order valence-corrected chi connectivity index (χ4v) is 6.94. The van der Waals surface area contributed by atoms with Crippen LogP contribution in [-0.2, 0) is 0 Å². The van der Waals surface area contributed by atoms with Crippen LogP contribution >= 0.6 is 0 Å². The van der Waals surface area contributed by atoms with Crippen LogP contribution < -0.4 is 11.5 Å². The van der Waals surface area contributed by atoms with Crippen molar-refractivity contribution < 1.29 is 19.2 Å². The summed E-state index contributed by atoms with van der Waals surface area (Å²) >= 11 is 0. The fourth-order valence-electron chi connectivity index (χ4n) is 6.94. The molecule has 0 radical (unpaired) electrons. The molecule has 0 unspecified atom stereocenters. The normalized spacial score (nSPS) is 15.3. The minimum Gasteiger partial charge on any atom is -0.310 e. The second-order valence-corrected chi connectivity index (χ2v) is 11.3. The molecular formula is C34H34N4O4. The summed E-state index contributed by atoms with van der Waals surface area (Å²) in [5.41, 5.74) is 11.4. The molecule has 214 valence electrons. The number of amides is 4. The van der Waals surface area contributed by atoms with Crippen LogP contribution in [0.25, 0.3) is 21.5 Å². The molecule has 0 atom stereocenters. The molecule has 0 spiro atoms. The second kappa shape index (κ2) is 10.2. The Balaban J connectivity index is 1.61. The Kier molecular flexibility index (Phi) is 6.71. The molecule has 2 heterocycles. The van der Waals surface area contributed by atoms with Crippen LogP contribution in [0.4, 0.5) is 0 Å². The van der Waals surface area contributed by atoms with E-state index in [9.17, 15) is 19.2 Å². The molecule has 0 saturated heterocycles. The number of nitrogens with zero attached hydrogens (tertiary/aromatic N) is 2. The quantitative estimate of drug-likeness (QED) is 0.156.